The van der Waals surface area contributed by atoms with Gasteiger partial charge in [-0.2, -0.15) is 11.8 Å². The molecule has 0 heterocycles. The number of hydrogen-bond donors (Lipinski definition) is 2. The number of aliphatic hydroxyl groups is 1. The molecule has 0 aliphatic heterocycles. The lowest BCUT2D eigenvalue weighted by atomic mass is 10.1. The topological polar surface area (TPSA) is 58.6 Å². The first-order chi connectivity index (χ1) is 10.1. The van der Waals surface area contributed by atoms with E-state index >= 15 is 0 Å². The fourth-order valence-electron chi connectivity index (χ4n) is 1.62. The van der Waals surface area contributed by atoms with Crippen molar-refractivity contribution >= 4 is 17.7 Å². The molecule has 4 nitrogen and oxygen atoms in total. The number of thioether (sulfide) groups is 1. The van der Waals surface area contributed by atoms with Gasteiger partial charge in [-0.3, -0.25) is 4.79 Å². The number of amides is 1. The van der Waals surface area contributed by atoms with Gasteiger partial charge in [-0.05, 0) is 43.7 Å². The number of ether oxygens (including phenoxy) is 1. The standard InChI is InChI=1S/C16H25NO3S/c1-13(2)20-12-14-4-6-15(7-5-14)16(19)17-8-11-21-10-3-9-18/h4-7,13,18H,3,8-12H2,1-2H3,(H,17,19). The zero-order valence-corrected chi connectivity index (χ0v) is 13.6. The Labute approximate surface area is 131 Å². The number of hydrogen-bond acceptors (Lipinski definition) is 4. The molecule has 1 aromatic carbocycles. The van der Waals surface area contributed by atoms with Crippen LogP contribution in [0.4, 0.5) is 0 Å². The Morgan fingerprint density at radius 1 is 1.29 bits per heavy atom. The van der Waals surface area contributed by atoms with Gasteiger partial charge in [0.25, 0.3) is 5.91 Å². The average Bonchev–Trinajstić information content (AvgIpc) is 2.49. The zero-order chi connectivity index (χ0) is 15.5. The van der Waals surface area contributed by atoms with Gasteiger partial charge >= 0.3 is 0 Å². The van der Waals surface area contributed by atoms with Crippen molar-refractivity contribution in [1.82, 2.24) is 5.32 Å². The molecule has 0 aromatic heterocycles. The van der Waals surface area contributed by atoms with Crippen LogP contribution >= 0.6 is 11.8 Å². The van der Waals surface area contributed by atoms with Crippen LogP contribution in [-0.2, 0) is 11.3 Å². The fourth-order valence-corrected chi connectivity index (χ4v) is 2.41. The normalized spacial score (nSPS) is 10.9. The molecule has 1 rings (SSSR count). The van der Waals surface area contributed by atoms with Crippen LogP contribution < -0.4 is 5.32 Å². The fraction of sp³-hybridized carbons (Fsp3) is 0.562. The molecule has 0 aliphatic rings. The van der Waals surface area contributed by atoms with E-state index in [0.29, 0.717) is 18.7 Å². The summed E-state index contributed by atoms with van der Waals surface area (Å²) in [7, 11) is 0. The second-order valence-electron chi connectivity index (χ2n) is 5.00. The molecule has 0 fully saturated rings. The van der Waals surface area contributed by atoms with Gasteiger partial charge in [-0.15, -0.1) is 0 Å². The molecule has 0 aliphatic carbocycles. The Morgan fingerprint density at radius 2 is 2.00 bits per heavy atom. The van der Waals surface area contributed by atoms with Crippen molar-refractivity contribution in [2.45, 2.75) is 33.0 Å². The largest absolute Gasteiger partial charge is 0.396 e. The van der Waals surface area contributed by atoms with Gasteiger partial charge in [0.15, 0.2) is 0 Å². The van der Waals surface area contributed by atoms with E-state index in [4.69, 9.17) is 9.84 Å². The first-order valence-corrected chi connectivity index (χ1v) is 8.46. The third kappa shape index (κ3) is 8.09. The summed E-state index contributed by atoms with van der Waals surface area (Å²) < 4.78 is 5.52. The van der Waals surface area contributed by atoms with Crippen molar-refractivity contribution in [3.8, 4) is 0 Å². The maximum atomic E-state index is 11.9. The third-order valence-corrected chi connectivity index (χ3v) is 3.85. The lowest BCUT2D eigenvalue weighted by Gasteiger charge is -2.08. The number of carbonyl (C=O) groups is 1. The maximum Gasteiger partial charge on any atom is 0.251 e. The Balaban J connectivity index is 2.27. The Hall–Kier alpha value is -1.04. The number of benzene rings is 1. The second-order valence-corrected chi connectivity index (χ2v) is 6.23. The highest BCUT2D eigenvalue weighted by molar-refractivity contribution is 7.99. The van der Waals surface area contributed by atoms with Crippen molar-refractivity contribution < 1.29 is 14.6 Å². The van der Waals surface area contributed by atoms with Gasteiger partial charge in [0, 0.05) is 24.5 Å². The summed E-state index contributed by atoms with van der Waals surface area (Å²) in [4.78, 5) is 11.9. The van der Waals surface area contributed by atoms with Crippen LogP contribution in [-0.4, -0.2) is 41.8 Å². The van der Waals surface area contributed by atoms with Crippen LogP contribution in [0.1, 0.15) is 36.2 Å². The molecule has 0 radical (unpaired) electrons. The van der Waals surface area contributed by atoms with Crippen molar-refractivity contribution in [3.63, 3.8) is 0 Å². The number of nitrogens with one attached hydrogen (secondary N) is 1. The molecule has 0 saturated carbocycles. The quantitative estimate of drug-likeness (QED) is 0.652. The van der Waals surface area contributed by atoms with Gasteiger partial charge in [0.2, 0.25) is 0 Å². The lowest BCUT2D eigenvalue weighted by molar-refractivity contribution is 0.0657. The molecule has 1 aromatic rings. The molecule has 0 saturated heterocycles. The Morgan fingerprint density at radius 3 is 2.62 bits per heavy atom. The average molecular weight is 311 g/mol. The van der Waals surface area contributed by atoms with Crippen LogP contribution in [0.3, 0.4) is 0 Å². The van der Waals surface area contributed by atoms with Gasteiger partial charge in [0.1, 0.15) is 0 Å². The summed E-state index contributed by atoms with van der Waals surface area (Å²) in [5.41, 5.74) is 1.74. The van der Waals surface area contributed by atoms with E-state index in [0.717, 1.165) is 23.5 Å². The molecule has 2 N–H and O–H groups in total. The van der Waals surface area contributed by atoms with E-state index in [1.165, 1.54) is 0 Å². The van der Waals surface area contributed by atoms with E-state index in [1.807, 2.05) is 38.1 Å². The maximum absolute atomic E-state index is 11.9. The summed E-state index contributed by atoms with van der Waals surface area (Å²) in [6.45, 7) is 5.45. The van der Waals surface area contributed by atoms with E-state index in [2.05, 4.69) is 5.32 Å². The van der Waals surface area contributed by atoms with Crippen LogP contribution in [0.5, 0.6) is 0 Å². The highest BCUT2D eigenvalue weighted by Gasteiger charge is 2.05. The smallest absolute Gasteiger partial charge is 0.251 e. The second kappa shape index (κ2) is 10.7. The van der Waals surface area contributed by atoms with Crippen molar-refractivity contribution in [2.75, 3.05) is 24.7 Å². The summed E-state index contributed by atoms with van der Waals surface area (Å²) in [5, 5.41) is 11.6. The molecule has 0 atom stereocenters. The van der Waals surface area contributed by atoms with E-state index in [-0.39, 0.29) is 18.6 Å². The van der Waals surface area contributed by atoms with Crippen molar-refractivity contribution in [1.29, 1.82) is 0 Å². The van der Waals surface area contributed by atoms with Crippen molar-refractivity contribution in [3.05, 3.63) is 35.4 Å². The summed E-state index contributed by atoms with van der Waals surface area (Å²) >= 11 is 1.74. The summed E-state index contributed by atoms with van der Waals surface area (Å²) in [5.74, 6) is 1.75. The van der Waals surface area contributed by atoms with Crippen molar-refractivity contribution in [2.24, 2.45) is 0 Å². The van der Waals surface area contributed by atoms with Crippen LogP contribution in [0.25, 0.3) is 0 Å². The molecule has 118 valence electrons. The first-order valence-electron chi connectivity index (χ1n) is 7.31. The lowest BCUT2D eigenvalue weighted by Crippen LogP contribution is -2.25. The van der Waals surface area contributed by atoms with Crippen LogP contribution in [0, 0.1) is 0 Å². The zero-order valence-electron chi connectivity index (χ0n) is 12.8. The predicted molar refractivity (Wildman–Crippen MR) is 87.7 cm³/mol. The Bertz CT molecular complexity index is 406. The molecule has 21 heavy (non-hydrogen) atoms. The SMILES string of the molecule is CC(C)OCc1ccc(C(=O)NCCSCCCO)cc1. The molecular formula is C16H25NO3S. The van der Waals surface area contributed by atoms with E-state index in [1.54, 1.807) is 11.8 Å². The molecule has 0 unspecified atom stereocenters. The molecular weight excluding hydrogens is 286 g/mol. The molecule has 0 spiro atoms. The van der Waals surface area contributed by atoms with E-state index < -0.39 is 0 Å². The summed E-state index contributed by atoms with van der Waals surface area (Å²) in [6.07, 6.45) is 1.01. The highest BCUT2D eigenvalue weighted by atomic mass is 32.2. The first kappa shape index (κ1) is 18.0. The van der Waals surface area contributed by atoms with Gasteiger partial charge in [-0.1, -0.05) is 12.1 Å². The molecule has 0 bridgehead atoms. The molecule has 1 amide bonds. The number of carbonyl (C=O) groups excluding carboxylic acids is 1. The highest BCUT2D eigenvalue weighted by Crippen LogP contribution is 2.07. The predicted octanol–water partition coefficient (Wildman–Crippen LogP) is 2.46. The monoisotopic (exact) mass is 311 g/mol. The van der Waals surface area contributed by atoms with Gasteiger partial charge in [-0.25, -0.2) is 0 Å². The van der Waals surface area contributed by atoms with Gasteiger partial charge in [0.05, 0.1) is 12.7 Å². The van der Waals surface area contributed by atoms with E-state index in [9.17, 15) is 4.79 Å². The molecule has 5 heteroatoms. The minimum atomic E-state index is -0.0471. The minimum Gasteiger partial charge on any atom is -0.396 e. The van der Waals surface area contributed by atoms with Crippen LogP contribution in [0.15, 0.2) is 24.3 Å². The Kier molecular flexibility index (Phi) is 9.14. The summed E-state index contributed by atoms with van der Waals surface area (Å²) in [6, 6.07) is 7.50. The minimum absolute atomic E-state index is 0.0471. The van der Waals surface area contributed by atoms with Crippen LogP contribution in [0.2, 0.25) is 0 Å². The third-order valence-electron chi connectivity index (χ3n) is 2.78. The number of aliphatic hydroxyl groups excluding tert-OH is 1. The number of rotatable bonds is 10. The van der Waals surface area contributed by atoms with Gasteiger partial charge < -0.3 is 15.2 Å².